The van der Waals surface area contributed by atoms with E-state index in [2.05, 4.69) is 0 Å². The smallest absolute Gasteiger partial charge is 0.254 e. The van der Waals surface area contributed by atoms with E-state index in [1.54, 1.807) is 46.1 Å². The monoisotopic (exact) mass is 407 g/mol. The van der Waals surface area contributed by atoms with Crippen LogP contribution in [0.15, 0.2) is 48.5 Å². The first-order chi connectivity index (χ1) is 14.5. The Morgan fingerprint density at radius 3 is 2.43 bits per heavy atom. The van der Waals surface area contributed by atoms with Gasteiger partial charge in [-0.25, -0.2) is 0 Å². The lowest BCUT2D eigenvalue weighted by molar-refractivity contribution is -0.121. The Kier molecular flexibility index (Phi) is 5.44. The Morgan fingerprint density at radius 1 is 1.03 bits per heavy atom. The van der Waals surface area contributed by atoms with Crippen molar-refractivity contribution in [3.63, 3.8) is 0 Å². The van der Waals surface area contributed by atoms with Crippen LogP contribution in [0.2, 0.25) is 0 Å². The fourth-order valence-electron chi connectivity index (χ4n) is 4.15. The third-order valence-corrected chi connectivity index (χ3v) is 5.64. The molecule has 2 aromatic carbocycles. The Hall–Kier alpha value is -3.35. The van der Waals surface area contributed by atoms with E-state index < -0.39 is 0 Å². The molecule has 4 rings (SSSR count). The molecule has 30 heavy (non-hydrogen) atoms. The number of nitrogens with zero attached hydrogens (tertiary/aromatic N) is 3. The predicted molar refractivity (Wildman–Crippen MR) is 114 cm³/mol. The molecular formula is C23H25N3O4. The van der Waals surface area contributed by atoms with Crippen molar-refractivity contribution in [3.05, 3.63) is 54.1 Å². The second-order valence-corrected chi connectivity index (χ2v) is 7.70. The molecule has 1 unspecified atom stereocenters. The first kappa shape index (κ1) is 19.9. The molecule has 7 heteroatoms. The largest absolute Gasteiger partial charge is 0.497 e. The van der Waals surface area contributed by atoms with E-state index >= 15 is 0 Å². The van der Waals surface area contributed by atoms with Gasteiger partial charge in [0.25, 0.3) is 5.91 Å². The molecule has 0 N–H and O–H groups in total. The summed E-state index contributed by atoms with van der Waals surface area (Å²) in [5.74, 6) is 0.485. The van der Waals surface area contributed by atoms with Crippen LogP contribution in [-0.4, -0.2) is 55.4 Å². The topological polar surface area (TPSA) is 70.2 Å². The molecule has 2 aromatic rings. The number of rotatable bonds is 4. The average molecular weight is 407 g/mol. The van der Waals surface area contributed by atoms with Crippen molar-refractivity contribution in [1.29, 1.82) is 0 Å². The van der Waals surface area contributed by atoms with Gasteiger partial charge < -0.3 is 19.4 Å². The number of ether oxygens (including phenoxy) is 1. The van der Waals surface area contributed by atoms with Crippen LogP contribution in [0, 0.1) is 0 Å². The molecule has 0 radical (unpaired) electrons. The molecule has 3 amide bonds. The summed E-state index contributed by atoms with van der Waals surface area (Å²) in [6.45, 7) is 3.10. The van der Waals surface area contributed by atoms with Crippen LogP contribution in [0.4, 0.5) is 11.4 Å². The second kappa shape index (κ2) is 8.18. The Morgan fingerprint density at radius 2 is 1.80 bits per heavy atom. The molecule has 0 spiro atoms. The van der Waals surface area contributed by atoms with Crippen LogP contribution < -0.4 is 14.5 Å². The maximum Gasteiger partial charge on any atom is 0.254 e. The van der Waals surface area contributed by atoms with Crippen molar-refractivity contribution in [1.82, 2.24) is 4.90 Å². The Bertz CT molecular complexity index is 973. The highest BCUT2D eigenvalue weighted by Gasteiger charge is 2.34. The molecule has 7 nitrogen and oxygen atoms in total. The average Bonchev–Trinajstić information content (AvgIpc) is 3.19. The molecule has 1 atom stereocenters. The van der Waals surface area contributed by atoms with E-state index in [0.717, 1.165) is 17.8 Å². The van der Waals surface area contributed by atoms with Crippen LogP contribution in [0.25, 0.3) is 0 Å². The van der Waals surface area contributed by atoms with Crippen molar-refractivity contribution >= 4 is 29.1 Å². The van der Waals surface area contributed by atoms with Gasteiger partial charge in [-0.2, -0.15) is 0 Å². The number of anilines is 2. The number of methoxy groups -OCH3 is 1. The fraction of sp³-hybridized carbons (Fsp3) is 0.348. The molecule has 0 saturated carbocycles. The van der Waals surface area contributed by atoms with Crippen LogP contribution in [-0.2, 0) is 9.59 Å². The van der Waals surface area contributed by atoms with Gasteiger partial charge in [0.05, 0.1) is 13.2 Å². The summed E-state index contributed by atoms with van der Waals surface area (Å²) in [6, 6.07) is 14.3. The number of piperazine rings is 1. The number of carbonyl (C=O) groups is 3. The highest BCUT2D eigenvalue weighted by molar-refractivity contribution is 6.02. The fourth-order valence-corrected chi connectivity index (χ4v) is 4.15. The van der Waals surface area contributed by atoms with Gasteiger partial charge in [0.2, 0.25) is 11.8 Å². The van der Waals surface area contributed by atoms with E-state index in [4.69, 9.17) is 4.74 Å². The number of benzene rings is 2. The normalized spacial score (nSPS) is 19.4. The van der Waals surface area contributed by atoms with Crippen molar-refractivity contribution in [2.24, 2.45) is 0 Å². The van der Waals surface area contributed by atoms with Gasteiger partial charge in [-0.3, -0.25) is 14.4 Å². The van der Waals surface area contributed by atoms with Gasteiger partial charge in [0.15, 0.2) is 0 Å². The van der Waals surface area contributed by atoms with Crippen molar-refractivity contribution in [3.8, 4) is 5.75 Å². The number of amides is 3. The minimum Gasteiger partial charge on any atom is -0.497 e. The van der Waals surface area contributed by atoms with Crippen molar-refractivity contribution in [2.45, 2.75) is 25.8 Å². The molecule has 0 bridgehead atoms. The van der Waals surface area contributed by atoms with Gasteiger partial charge in [-0.05, 0) is 49.7 Å². The maximum atomic E-state index is 13.0. The standard InChI is InChI=1S/C23H25N3O4/c1-16-14-24(15-22(28)26(16)19-5-3-6-20(13-19)30-2)23(29)17-8-10-18(11-9-17)25-12-4-7-21(25)27/h3,5-6,8-11,13,16H,4,7,12,14-15H2,1-2H3. The van der Waals surface area contributed by atoms with E-state index in [1.807, 2.05) is 31.2 Å². The summed E-state index contributed by atoms with van der Waals surface area (Å²) < 4.78 is 5.26. The Labute approximate surface area is 175 Å². The third-order valence-electron chi connectivity index (χ3n) is 5.64. The minimum atomic E-state index is -0.181. The molecule has 2 fully saturated rings. The highest BCUT2D eigenvalue weighted by atomic mass is 16.5. The van der Waals surface area contributed by atoms with Crippen LogP contribution >= 0.6 is 0 Å². The van der Waals surface area contributed by atoms with Gasteiger partial charge in [0.1, 0.15) is 12.3 Å². The third kappa shape index (κ3) is 3.75. The summed E-state index contributed by atoms with van der Waals surface area (Å²) in [5, 5.41) is 0. The molecular weight excluding hydrogens is 382 g/mol. The SMILES string of the molecule is COc1cccc(N2C(=O)CN(C(=O)c3ccc(N4CCCC4=O)cc3)CC2C)c1. The van der Waals surface area contributed by atoms with E-state index in [1.165, 1.54) is 0 Å². The molecule has 2 aliphatic rings. The van der Waals surface area contributed by atoms with Gasteiger partial charge in [0, 0.05) is 42.5 Å². The first-order valence-electron chi connectivity index (χ1n) is 10.1. The van der Waals surface area contributed by atoms with Crippen LogP contribution in [0.5, 0.6) is 5.75 Å². The lowest BCUT2D eigenvalue weighted by Crippen LogP contribution is -2.57. The zero-order valence-electron chi connectivity index (χ0n) is 17.2. The summed E-state index contributed by atoms with van der Waals surface area (Å²) in [4.78, 5) is 42.8. The highest BCUT2D eigenvalue weighted by Crippen LogP contribution is 2.27. The van der Waals surface area contributed by atoms with E-state index in [-0.39, 0.29) is 30.3 Å². The summed E-state index contributed by atoms with van der Waals surface area (Å²) >= 11 is 0. The van der Waals surface area contributed by atoms with Crippen LogP contribution in [0.1, 0.15) is 30.1 Å². The molecule has 0 aromatic heterocycles. The van der Waals surface area contributed by atoms with E-state index in [9.17, 15) is 14.4 Å². The second-order valence-electron chi connectivity index (χ2n) is 7.70. The lowest BCUT2D eigenvalue weighted by atomic mass is 10.1. The summed E-state index contributed by atoms with van der Waals surface area (Å²) in [5.41, 5.74) is 2.08. The number of hydrogen-bond acceptors (Lipinski definition) is 4. The van der Waals surface area contributed by atoms with Gasteiger partial charge in [-0.1, -0.05) is 6.07 Å². The van der Waals surface area contributed by atoms with E-state index in [0.29, 0.717) is 30.8 Å². The zero-order valence-corrected chi connectivity index (χ0v) is 17.2. The molecule has 156 valence electrons. The molecule has 2 heterocycles. The zero-order chi connectivity index (χ0) is 21.3. The molecule has 2 saturated heterocycles. The van der Waals surface area contributed by atoms with Gasteiger partial charge >= 0.3 is 0 Å². The lowest BCUT2D eigenvalue weighted by Gasteiger charge is -2.39. The van der Waals surface area contributed by atoms with Crippen LogP contribution in [0.3, 0.4) is 0 Å². The van der Waals surface area contributed by atoms with Crippen molar-refractivity contribution < 1.29 is 19.1 Å². The van der Waals surface area contributed by atoms with Gasteiger partial charge in [-0.15, -0.1) is 0 Å². The quantitative estimate of drug-likeness (QED) is 0.781. The maximum absolute atomic E-state index is 13.0. The summed E-state index contributed by atoms with van der Waals surface area (Å²) in [6.07, 6.45) is 1.43. The first-order valence-corrected chi connectivity index (χ1v) is 10.1. The summed E-state index contributed by atoms with van der Waals surface area (Å²) in [7, 11) is 1.59. The van der Waals surface area contributed by atoms with Crippen molar-refractivity contribution in [2.75, 3.05) is 36.5 Å². The Balaban J connectivity index is 1.47. The molecule has 0 aliphatic carbocycles. The predicted octanol–water partition coefficient (Wildman–Crippen LogP) is 2.70. The number of carbonyl (C=O) groups excluding carboxylic acids is 3. The molecule has 2 aliphatic heterocycles. The minimum absolute atomic E-state index is 0.0206. The number of hydrogen-bond donors (Lipinski definition) is 0.